The van der Waals surface area contributed by atoms with E-state index in [0.29, 0.717) is 50.6 Å². The second-order valence-corrected chi connectivity index (χ2v) is 17.2. The van der Waals surface area contributed by atoms with Crippen LogP contribution in [-0.2, 0) is 38.1 Å². The molecule has 4 aliphatic rings. The lowest BCUT2D eigenvalue weighted by Crippen LogP contribution is -2.55. The highest BCUT2D eigenvalue weighted by Gasteiger charge is 2.45. The molecule has 2 N–H and O–H groups in total. The van der Waals surface area contributed by atoms with E-state index >= 15 is 0 Å². The standard InChI is InChI=1S/C44H71NO10/c1-11-32-19-25(2)18-26(3)20-38(52-9)42-39(53-10)22-28(5)41(54-42)30(7)43(49)45-17-13-12-14-33(45)44(50)55-40(29(6)35(47)24-36(32)48)27(4)21-31-15-16-34(46)37(23-31)51-8/h19,21,26,28-29,31-35,37-42,46-47H,7,11-18,20,22-24H2,1-6,8-10H3/b25-19+,27-21+/t26-,28+,29+,31-,32+,33-,34+,35-,37+,38-,39-,40+,41+,42+/m0/s1. The van der Waals surface area contributed by atoms with E-state index in [-0.39, 0.29) is 60.1 Å². The molecule has 3 fully saturated rings. The first kappa shape index (κ1) is 45.3. The van der Waals surface area contributed by atoms with Crippen molar-refractivity contribution in [1.82, 2.24) is 4.90 Å². The summed E-state index contributed by atoms with van der Waals surface area (Å²) in [5.41, 5.74) is 2.14. The number of hydrogen-bond acceptors (Lipinski definition) is 10. The Bertz CT molecular complexity index is 1380. The minimum atomic E-state index is -1.08. The van der Waals surface area contributed by atoms with Crippen molar-refractivity contribution in [3.05, 3.63) is 35.5 Å². The normalized spacial score (nSPS) is 40.7. The molecule has 4 rings (SSSR count). The van der Waals surface area contributed by atoms with Gasteiger partial charge in [-0.05, 0) is 101 Å². The quantitative estimate of drug-likeness (QED) is 0.184. The molecule has 0 spiro atoms. The molecule has 1 saturated carbocycles. The first-order valence-electron chi connectivity index (χ1n) is 20.8. The Morgan fingerprint density at radius 1 is 0.927 bits per heavy atom. The Morgan fingerprint density at radius 3 is 2.25 bits per heavy atom. The number of carbonyl (C=O) groups excluding carboxylic acids is 3. The SMILES string of the molecule is C=C1C(=O)N2CCCC[C@H]2C(=O)O[C@H](/C(C)=C/[C@@H]2CC[C@@H](O)[C@H](OC)C2)[C@H](C)[C@@H](O)CC(=O)[C@H](CC)/C=C(\C)C[C@H](C)C[C@H](OC)[C@H]2O[C@@H]1[C@H](C)C[C@@H]2OC. The molecule has 2 bridgehead atoms. The fraction of sp³-hybridized carbons (Fsp3) is 0.795. The summed E-state index contributed by atoms with van der Waals surface area (Å²) >= 11 is 0. The van der Waals surface area contributed by atoms with Crippen LogP contribution in [-0.4, -0.2) is 116 Å². The fourth-order valence-corrected chi connectivity index (χ4v) is 9.55. The summed E-state index contributed by atoms with van der Waals surface area (Å²) in [4.78, 5) is 44.1. The number of methoxy groups -OCH3 is 3. The minimum absolute atomic E-state index is 0.0632. The van der Waals surface area contributed by atoms with Crippen molar-refractivity contribution in [3.63, 3.8) is 0 Å². The summed E-state index contributed by atoms with van der Waals surface area (Å²) in [5.74, 6) is -1.74. The molecular formula is C44H71NO10. The van der Waals surface area contributed by atoms with Crippen LogP contribution < -0.4 is 0 Å². The lowest BCUT2D eigenvalue weighted by molar-refractivity contribution is -0.187. The van der Waals surface area contributed by atoms with Crippen molar-refractivity contribution in [1.29, 1.82) is 0 Å². The van der Waals surface area contributed by atoms with Gasteiger partial charge in [-0.1, -0.05) is 52.0 Å². The first-order valence-corrected chi connectivity index (χ1v) is 20.8. The molecule has 0 aromatic heterocycles. The van der Waals surface area contributed by atoms with Crippen LogP contribution >= 0.6 is 0 Å². The lowest BCUT2D eigenvalue weighted by atomic mass is 9.81. The Balaban J connectivity index is 1.73. The van der Waals surface area contributed by atoms with Gasteiger partial charge in [0.15, 0.2) is 0 Å². The molecule has 11 nitrogen and oxygen atoms in total. The van der Waals surface area contributed by atoms with Gasteiger partial charge in [-0.15, -0.1) is 0 Å². The number of nitrogens with zero attached hydrogens (tertiary/aromatic N) is 1. The Hall–Kier alpha value is -2.41. The van der Waals surface area contributed by atoms with Crippen molar-refractivity contribution < 1.29 is 48.3 Å². The summed E-state index contributed by atoms with van der Waals surface area (Å²) in [6, 6.07) is -0.845. The maximum atomic E-state index is 14.4. The number of ether oxygens (including phenoxy) is 5. The highest BCUT2D eigenvalue weighted by atomic mass is 16.6. The molecule has 312 valence electrons. The average molecular weight is 774 g/mol. The second kappa shape index (κ2) is 20.8. The molecule has 55 heavy (non-hydrogen) atoms. The van der Waals surface area contributed by atoms with Gasteiger partial charge in [0.25, 0.3) is 5.91 Å². The fourth-order valence-electron chi connectivity index (χ4n) is 9.55. The van der Waals surface area contributed by atoms with Crippen molar-refractivity contribution in [2.75, 3.05) is 27.9 Å². The number of fused-ring (bicyclic) bond motifs is 3. The topological polar surface area (TPSA) is 141 Å². The van der Waals surface area contributed by atoms with Gasteiger partial charge in [0.05, 0.1) is 36.6 Å². The third kappa shape index (κ3) is 11.4. The minimum Gasteiger partial charge on any atom is -0.456 e. The number of ketones is 1. The van der Waals surface area contributed by atoms with Gasteiger partial charge in [0.1, 0.15) is 24.0 Å². The Morgan fingerprint density at radius 2 is 1.60 bits per heavy atom. The first-order chi connectivity index (χ1) is 26.1. The number of rotatable bonds is 6. The number of cyclic esters (lactones) is 1. The third-order valence-corrected chi connectivity index (χ3v) is 12.8. The summed E-state index contributed by atoms with van der Waals surface area (Å²) in [7, 11) is 4.94. The number of aliphatic hydroxyl groups is 2. The van der Waals surface area contributed by atoms with Crippen LogP contribution in [0.2, 0.25) is 0 Å². The Labute approximate surface area is 330 Å². The number of carbonyl (C=O) groups is 3. The number of aliphatic hydroxyl groups excluding tert-OH is 2. The largest absolute Gasteiger partial charge is 0.456 e. The van der Waals surface area contributed by atoms with Gasteiger partial charge in [0, 0.05) is 51.7 Å². The van der Waals surface area contributed by atoms with Gasteiger partial charge >= 0.3 is 5.97 Å². The van der Waals surface area contributed by atoms with E-state index in [1.54, 1.807) is 26.2 Å². The summed E-state index contributed by atoms with van der Waals surface area (Å²) < 4.78 is 30.7. The number of amides is 1. The molecule has 0 aromatic carbocycles. The Kier molecular flexibility index (Phi) is 17.2. The molecule has 1 aliphatic carbocycles. The number of hydrogen-bond donors (Lipinski definition) is 2. The summed E-state index contributed by atoms with van der Waals surface area (Å²) in [6.07, 6.45) is 6.16. The van der Waals surface area contributed by atoms with Gasteiger partial charge in [-0.2, -0.15) is 0 Å². The van der Waals surface area contributed by atoms with E-state index in [1.807, 2.05) is 40.7 Å². The van der Waals surface area contributed by atoms with Crippen molar-refractivity contribution >= 4 is 17.7 Å². The van der Waals surface area contributed by atoms with Crippen LogP contribution in [0.4, 0.5) is 0 Å². The lowest BCUT2D eigenvalue weighted by Gasteiger charge is -2.44. The van der Waals surface area contributed by atoms with Crippen molar-refractivity contribution in [2.45, 2.75) is 167 Å². The van der Waals surface area contributed by atoms with E-state index in [9.17, 15) is 24.6 Å². The number of Topliss-reactive ketones (excluding diaryl/α,β-unsaturated/α-hetero) is 1. The highest BCUT2D eigenvalue weighted by molar-refractivity contribution is 5.96. The second-order valence-electron chi connectivity index (χ2n) is 17.2. The monoisotopic (exact) mass is 774 g/mol. The molecule has 3 heterocycles. The smallest absolute Gasteiger partial charge is 0.329 e. The van der Waals surface area contributed by atoms with Crippen LogP contribution in [0.5, 0.6) is 0 Å². The van der Waals surface area contributed by atoms with Crippen molar-refractivity contribution in [3.8, 4) is 0 Å². The van der Waals surface area contributed by atoms with E-state index < -0.39 is 48.4 Å². The van der Waals surface area contributed by atoms with Crippen LogP contribution in [0.25, 0.3) is 0 Å². The van der Waals surface area contributed by atoms with Crippen LogP contribution in [0.1, 0.15) is 112 Å². The summed E-state index contributed by atoms with van der Waals surface area (Å²) in [6.45, 7) is 16.6. The number of piperidine rings is 1. The molecule has 3 aliphatic heterocycles. The molecule has 1 amide bonds. The van der Waals surface area contributed by atoms with Gasteiger partial charge < -0.3 is 38.8 Å². The number of esters is 1. The van der Waals surface area contributed by atoms with Crippen LogP contribution in [0.3, 0.4) is 0 Å². The molecular weight excluding hydrogens is 702 g/mol. The van der Waals surface area contributed by atoms with E-state index in [2.05, 4.69) is 19.6 Å². The van der Waals surface area contributed by atoms with Gasteiger partial charge in [-0.3, -0.25) is 9.59 Å². The molecule has 0 radical (unpaired) electrons. The zero-order chi connectivity index (χ0) is 40.6. The van der Waals surface area contributed by atoms with Gasteiger partial charge in [-0.25, -0.2) is 4.79 Å². The zero-order valence-corrected chi connectivity index (χ0v) is 35.0. The maximum absolute atomic E-state index is 14.4. The van der Waals surface area contributed by atoms with Gasteiger partial charge in [0.2, 0.25) is 0 Å². The van der Waals surface area contributed by atoms with Crippen LogP contribution in [0, 0.1) is 29.6 Å². The number of allylic oxidation sites excluding steroid dienone is 3. The zero-order valence-electron chi connectivity index (χ0n) is 35.0. The third-order valence-electron chi connectivity index (χ3n) is 12.8. The van der Waals surface area contributed by atoms with Crippen LogP contribution in [0.15, 0.2) is 35.5 Å². The van der Waals surface area contributed by atoms with E-state index in [0.717, 1.165) is 36.8 Å². The highest BCUT2D eigenvalue weighted by Crippen LogP contribution is 2.37. The summed E-state index contributed by atoms with van der Waals surface area (Å²) in [5, 5.41) is 22.1. The predicted molar refractivity (Wildman–Crippen MR) is 211 cm³/mol. The van der Waals surface area contributed by atoms with E-state index in [1.165, 1.54) is 0 Å². The molecule has 0 unspecified atom stereocenters. The predicted octanol–water partition coefficient (Wildman–Crippen LogP) is 6.14. The molecule has 2 saturated heterocycles. The molecule has 14 atom stereocenters. The maximum Gasteiger partial charge on any atom is 0.329 e. The molecule has 11 heteroatoms. The van der Waals surface area contributed by atoms with E-state index in [4.69, 9.17) is 23.7 Å². The molecule has 0 aromatic rings. The van der Waals surface area contributed by atoms with Crippen molar-refractivity contribution in [2.24, 2.45) is 29.6 Å². The average Bonchev–Trinajstić information content (AvgIpc) is 3.17.